The minimum absolute atomic E-state index is 0.138. The van der Waals surface area contributed by atoms with Gasteiger partial charge >= 0.3 is 0 Å². The van der Waals surface area contributed by atoms with Gasteiger partial charge in [0.15, 0.2) is 5.16 Å². The number of para-hydroxylation sites is 2. The predicted molar refractivity (Wildman–Crippen MR) is 121 cm³/mol. The number of H-pyrrole nitrogens is 1. The van der Waals surface area contributed by atoms with Crippen molar-refractivity contribution >= 4 is 23.4 Å². The van der Waals surface area contributed by atoms with Crippen molar-refractivity contribution < 1.29 is 9.53 Å². The van der Waals surface area contributed by atoms with Gasteiger partial charge in [0.2, 0.25) is 5.91 Å². The predicted octanol–water partition coefficient (Wildman–Crippen LogP) is 3.07. The van der Waals surface area contributed by atoms with Crippen molar-refractivity contribution in [3.63, 3.8) is 0 Å². The van der Waals surface area contributed by atoms with Crippen LogP contribution in [0.5, 0.6) is 5.75 Å². The molecule has 0 saturated carbocycles. The van der Waals surface area contributed by atoms with Gasteiger partial charge in [0.05, 0.1) is 24.1 Å². The minimum atomic E-state index is -0.139. The molecule has 0 unspecified atom stereocenters. The molecule has 7 nitrogen and oxygen atoms in total. The van der Waals surface area contributed by atoms with Gasteiger partial charge in [0, 0.05) is 37.3 Å². The SMILES string of the molecule is COc1ccccc1CN1CCc2nc(SCC(=O)Nc3ccccc3)[nH]c(=O)c2C1. The number of nitrogens with one attached hydrogen (secondary N) is 2. The van der Waals surface area contributed by atoms with Crippen LogP contribution in [0.2, 0.25) is 0 Å². The summed E-state index contributed by atoms with van der Waals surface area (Å²) in [5.41, 5.74) is 3.20. The summed E-state index contributed by atoms with van der Waals surface area (Å²) in [4.78, 5) is 34.5. The molecular weight excluding hydrogens is 412 g/mol. The van der Waals surface area contributed by atoms with Crippen LogP contribution in [0, 0.1) is 0 Å². The van der Waals surface area contributed by atoms with Gasteiger partial charge in [-0.2, -0.15) is 0 Å². The summed E-state index contributed by atoms with van der Waals surface area (Å²) in [6.45, 7) is 2.05. The standard InChI is InChI=1S/C23H24N4O3S/c1-30-20-10-6-5-7-16(20)13-27-12-11-19-18(14-27)22(29)26-23(25-19)31-15-21(28)24-17-8-3-2-4-9-17/h2-10H,11-15H2,1H3,(H,24,28)(H,25,26,29). The van der Waals surface area contributed by atoms with Gasteiger partial charge in [0.25, 0.3) is 5.56 Å². The van der Waals surface area contributed by atoms with Crippen LogP contribution in [0.25, 0.3) is 0 Å². The van der Waals surface area contributed by atoms with E-state index in [1.165, 1.54) is 11.8 Å². The van der Waals surface area contributed by atoms with Gasteiger partial charge in [-0.1, -0.05) is 48.2 Å². The number of benzene rings is 2. The largest absolute Gasteiger partial charge is 0.496 e. The summed E-state index contributed by atoms with van der Waals surface area (Å²) in [5.74, 6) is 0.886. The Bertz CT molecular complexity index is 1120. The maximum absolute atomic E-state index is 12.7. The molecule has 0 aliphatic carbocycles. The number of carbonyl (C=O) groups is 1. The number of carbonyl (C=O) groups excluding carboxylic acids is 1. The van der Waals surface area contributed by atoms with Gasteiger partial charge < -0.3 is 15.0 Å². The minimum Gasteiger partial charge on any atom is -0.496 e. The number of amides is 1. The van der Waals surface area contributed by atoms with Crippen molar-refractivity contribution in [3.05, 3.63) is 81.8 Å². The molecule has 1 aromatic heterocycles. The second kappa shape index (κ2) is 9.80. The maximum atomic E-state index is 12.7. The molecule has 31 heavy (non-hydrogen) atoms. The Hall–Kier alpha value is -3.10. The molecule has 3 aromatic rings. The summed E-state index contributed by atoms with van der Waals surface area (Å²) in [6, 6.07) is 17.2. The third-order valence-electron chi connectivity index (χ3n) is 5.11. The molecule has 0 bridgehead atoms. The Morgan fingerprint density at radius 1 is 1.19 bits per heavy atom. The van der Waals surface area contributed by atoms with E-state index in [2.05, 4.69) is 20.2 Å². The molecule has 4 rings (SSSR count). The Labute approximate surface area is 184 Å². The first-order valence-corrected chi connectivity index (χ1v) is 11.0. The topological polar surface area (TPSA) is 87.3 Å². The molecule has 2 aromatic carbocycles. The second-order valence-corrected chi connectivity index (χ2v) is 8.24. The normalized spacial score (nSPS) is 13.5. The Kier molecular flexibility index (Phi) is 6.69. The first-order chi connectivity index (χ1) is 15.1. The van der Waals surface area contributed by atoms with Crippen molar-refractivity contribution in [2.75, 3.05) is 24.7 Å². The van der Waals surface area contributed by atoms with Crippen LogP contribution in [0.1, 0.15) is 16.8 Å². The molecule has 0 radical (unpaired) electrons. The van der Waals surface area contributed by atoms with Crippen LogP contribution in [0.3, 0.4) is 0 Å². The number of nitrogens with zero attached hydrogens (tertiary/aromatic N) is 2. The van der Waals surface area contributed by atoms with Crippen LogP contribution >= 0.6 is 11.8 Å². The highest BCUT2D eigenvalue weighted by molar-refractivity contribution is 7.99. The Morgan fingerprint density at radius 3 is 2.77 bits per heavy atom. The molecular formula is C23H24N4O3S. The Balaban J connectivity index is 1.39. The van der Waals surface area contributed by atoms with E-state index in [0.29, 0.717) is 30.2 Å². The lowest BCUT2D eigenvalue weighted by Crippen LogP contribution is -2.35. The summed E-state index contributed by atoms with van der Waals surface area (Å²) in [6.07, 6.45) is 0.693. The van der Waals surface area contributed by atoms with Gasteiger partial charge in [-0.25, -0.2) is 4.98 Å². The first-order valence-electron chi connectivity index (χ1n) is 10.1. The fraction of sp³-hybridized carbons (Fsp3) is 0.261. The molecule has 1 aliphatic rings. The van der Waals surface area contributed by atoms with E-state index < -0.39 is 0 Å². The maximum Gasteiger partial charge on any atom is 0.256 e. The highest BCUT2D eigenvalue weighted by Crippen LogP contribution is 2.23. The smallest absolute Gasteiger partial charge is 0.256 e. The number of fused-ring (bicyclic) bond motifs is 1. The fourth-order valence-corrected chi connectivity index (χ4v) is 4.27. The van der Waals surface area contributed by atoms with Crippen molar-refractivity contribution in [1.82, 2.24) is 14.9 Å². The number of hydrogen-bond donors (Lipinski definition) is 2. The van der Waals surface area contributed by atoms with Crippen LogP contribution < -0.4 is 15.6 Å². The Morgan fingerprint density at radius 2 is 1.97 bits per heavy atom. The third-order valence-corrected chi connectivity index (χ3v) is 5.98. The number of ether oxygens (including phenoxy) is 1. The molecule has 1 amide bonds. The van der Waals surface area contributed by atoms with Gasteiger partial charge in [-0.15, -0.1) is 0 Å². The zero-order valence-electron chi connectivity index (χ0n) is 17.3. The molecule has 0 fully saturated rings. The number of anilines is 1. The van der Waals surface area contributed by atoms with E-state index >= 15 is 0 Å². The highest BCUT2D eigenvalue weighted by Gasteiger charge is 2.22. The lowest BCUT2D eigenvalue weighted by atomic mass is 10.1. The second-order valence-electron chi connectivity index (χ2n) is 7.27. The van der Waals surface area contributed by atoms with E-state index in [1.54, 1.807) is 7.11 Å². The molecule has 0 atom stereocenters. The number of thioether (sulfide) groups is 1. The lowest BCUT2D eigenvalue weighted by molar-refractivity contribution is -0.113. The zero-order chi connectivity index (χ0) is 21.6. The van der Waals surface area contributed by atoms with Crippen molar-refractivity contribution in [3.8, 4) is 5.75 Å². The number of hydrogen-bond acceptors (Lipinski definition) is 6. The molecule has 8 heteroatoms. The zero-order valence-corrected chi connectivity index (χ0v) is 18.1. The summed E-state index contributed by atoms with van der Waals surface area (Å²) >= 11 is 1.23. The fourth-order valence-electron chi connectivity index (χ4n) is 3.59. The van der Waals surface area contributed by atoms with Crippen molar-refractivity contribution in [1.29, 1.82) is 0 Å². The van der Waals surface area contributed by atoms with E-state index in [-0.39, 0.29) is 17.2 Å². The monoisotopic (exact) mass is 436 g/mol. The lowest BCUT2D eigenvalue weighted by Gasteiger charge is -2.28. The highest BCUT2D eigenvalue weighted by atomic mass is 32.2. The van der Waals surface area contributed by atoms with E-state index in [0.717, 1.165) is 29.2 Å². The average molecular weight is 437 g/mol. The van der Waals surface area contributed by atoms with Crippen LogP contribution in [0.15, 0.2) is 64.5 Å². The average Bonchev–Trinajstić information content (AvgIpc) is 2.79. The van der Waals surface area contributed by atoms with Gasteiger partial charge in [0.1, 0.15) is 5.75 Å². The van der Waals surface area contributed by atoms with Gasteiger partial charge in [-0.05, 0) is 18.2 Å². The molecule has 1 aliphatic heterocycles. The first kappa shape index (κ1) is 21.1. The molecule has 2 N–H and O–H groups in total. The summed E-state index contributed by atoms with van der Waals surface area (Å²) < 4.78 is 5.44. The van der Waals surface area contributed by atoms with Crippen molar-refractivity contribution in [2.45, 2.75) is 24.7 Å². The number of aromatic nitrogens is 2. The molecule has 2 heterocycles. The number of rotatable bonds is 7. The van der Waals surface area contributed by atoms with E-state index in [4.69, 9.17) is 4.74 Å². The molecule has 160 valence electrons. The quantitative estimate of drug-likeness (QED) is 0.437. The van der Waals surface area contributed by atoms with Crippen molar-refractivity contribution in [2.24, 2.45) is 0 Å². The number of methoxy groups -OCH3 is 1. The summed E-state index contributed by atoms with van der Waals surface area (Å²) in [7, 11) is 1.66. The third kappa shape index (κ3) is 5.34. The van der Waals surface area contributed by atoms with E-state index in [9.17, 15) is 9.59 Å². The van der Waals surface area contributed by atoms with E-state index in [1.807, 2.05) is 54.6 Å². The molecule has 0 saturated heterocycles. The summed E-state index contributed by atoms with van der Waals surface area (Å²) in [5, 5.41) is 3.31. The molecule has 0 spiro atoms. The van der Waals surface area contributed by atoms with Crippen LogP contribution in [0.4, 0.5) is 5.69 Å². The van der Waals surface area contributed by atoms with Crippen LogP contribution in [-0.2, 0) is 24.3 Å². The van der Waals surface area contributed by atoms with Gasteiger partial charge in [-0.3, -0.25) is 14.5 Å². The van der Waals surface area contributed by atoms with Crippen LogP contribution in [-0.4, -0.2) is 40.2 Å². The number of aromatic amines is 1.